The van der Waals surface area contributed by atoms with Crippen LogP contribution < -0.4 is 15.4 Å². The fraction of sp³-hybridized carbons (Fsp3) is 0.607. The number of methoxy groups -OCH3 is 2. The topological polar surface area (TPSA) is 108 Å². The number of benzene rings is 1. The molecule has 40 heavy (non-hydrogen) atoms. The Kier molecular flexibility index (Phi) is 8.48. The van der Waals surface area contributed by atoms with Crippen molar-refractivity contribution in [2.75, 3.05) is 45.8 Å². The number of rotatable bonds is 8. The molecule has 3 fully saturated rings. The van der Waals surface area contributed by atoms with Gasteiger partial charge in [0.2, 0.25) is 0 Å². The van der Waals surface area contributed by atoms with Crippen LogP contribution in [0.4, 0.5) is 24.7 Å². The van der Waals surface area contributed by atoms with E-state index in [-0.39, 0.29) is 35.0 Å². The highest BCUT2D eigenvalue weighted by molar-refractivity contribution is 5.96. The number of ether oxygens (including phenoxy) is 3. The summed E-state index contributed by atoms with van der Waals surface area (Å²) in [6.07, 6.45) is -0.396. The molecule has 0 radical (unpaired) electrons. The van der Waals surface area contributed by atoms with Gasteiger partial charge in [-0.15, -0.1) is 0 Å². The number of piperidine rings is 1. The Morgan fingerprint density at radius 2 is 1.98 bits per heavy atom. The molecule has 0 aliphatic carbocycles. The largest absolute Gasteiger partial charge is 0.491 e. The molecule has 0 bridgehead atoms. The van der Waals surface area contributed by atoms with E-state index in [4.69, 9.17) is 14.2 Å². The molecule has 0 saturated carbocycles. The Bertz CT molecular complexity index is 1190. The van der Waals surface area contributed by atoms with Crippen LogP contribution in [0.15, 0.2) is 30.6 Å². The number of alkyl halides is 3. The van der Waals surface area contributed by atoms with Crippen LogP contribution in [0.25, 0.3) is 0 Å². The highest BCUT2D eigenvalue weighted by atomic mass is 19.4. The summed E-state index contributed by atoms with van der Waals surface area (Å²) in [5, 5.41) is 6.54. The summed E-state index contributed by atoms with van der Waals surface area (Å²) in [6.45, 7) is 4.89. The normalized spacial score (nSPS) is 26.3. The number of likely N-dealkylation sites (tertiary alicyclic amines) is 1. The average Bonchev–Trinajstić information content (AvgIpc) is 3.77. The predicted molar refractivity (Wildman–Crippen MR) is 142 cm³/mol. The molecule has 3 aliphatic rings. The van der Waals surface area contributed by atoms with E-state index < -0.39 is 11.7 Å². The van der Waals surface area contributed by atoms with Gasteiger partial charge in [0.1, 0.15) is 6.33 Å². The van der Waals surface area contributed by atoms with Crippen molar-refractivity contribution >= 4 is 17.4 Å². The van der Waals surface area contributed by atoms with E-state index >= 15 is 0 Å². The first-order valence-electron chi connectivity index (χ1n) is 13.7. The van der Waals surface area contributed by atoms with Crippen LogP contribution in [-0.4, -0.2) is 79.5 Å². The smallest absolute Gasteiger partial charge is 0.416 e. The fourth-order valence-electron chi connectivity index (χ4n) is 6.24. The summed E-state index contributed by atoms with van der Waals surface area (Å²) in [5.74, 6) is 1.34. The summed E-state index contributed by atoms with van der Waals surface area (Å²) >= 11 is 0. The number of nitrogens with zero attached hydrogens (tertiary/aromatic N) is 3. The predicted octanol–water partition coefficient (Wildman–Crippen LogP) is 4.13. The van der Waals surface area contributed by atoms with E-state index in [1.807, 2.05) is 0 Å². The monoisotopic (exact) mass is 563 g/mol. The number of nitrogens with one attached hydrogen (secondary N) is 2. The molecule has 2 aromatic rings. The van der Waals surface area contributed by atoms with Gasteiger partial charge in [-0.1, -0.05) is 13.0 Å². The molecule has 2 N–H and O–H groups in total. The molecule has 12 heteroatoms. The van der Waals surface area contributed by atoms with Crippen molar-refractivity contribution < 1.29 is 32.2 Å². The highest BCUT2D eigenvalue weighted by Crippen LogP contribution is 2.39. The zero-order valence-electron chi connectivity index (χ0n) is 22.9. The minimum absolute atomic E-state index is 0.0756. The van der Waals surface area contributed by atoms with Crippen molar-refractivity contribution in [2.24, 2.45) is 17.8 Å². The molecule has 0 spiro atoms. The van der Waals surface area contributed by atoms with Gasteiger partial charge in [-0.25, -0.2) is 9.97 Å². The number of carbonyl (C=O) groups excluding carboxylic acids is 1. The summed E-state index contributed by atoms with van der Waals surface area (Å²) < 4.78 is 56.2. The number of amides is 1. The van der Waals surface area contributed by atoms with Crippen molar-refractivity contribution in [3.05, 3.63) is 41.9 Å². The second-order valence-electron chi connectivity index (χ2n) is 10.8. The third-order valence-corrected chi connectivity index (χ3v) is 8.56. The molecule has 1 aromatic carbocycles. The van der Waals surface area contributed by atoms with Crippen molar-refractivity contribution in [1.82, 2.24) is 20.2 Å². The van der Waals surface area contributed by atoms with Gasteiger partial charge in [-0.3, -0.25) is 4.79 Å². The van der Waals surface area contributed by atoms with Gasteiger partial charge < -0.3 is 29.7 Å². The zero-order valence-corrected chi connectivity index (χ0v) is 22.9. The first kappa shape index (κ1) is 28.6. The van der Waals surface area contributed by atoms with Crippen LogP contribution in [0.3, 0.4) is 0 Å². The van der Waals surface area contributed by atoms with Gasteiger partial charge in [0.15, 0.2) is 17.3 Å². The Hall–Kier alpha value is -2.96. The number of hydrogen-bond donors (Lipinski definition) is 2. The lowest BCUT2D eigenvalue weighted by molar-refractivity contribution is -0.137. The lowest BCUT2D eigenvalue weighted by Crippen LogP contribution is -2.41. The first-order chi connectivity index (χ1) is 19.2. The molecular formula is C28H36F3N5O4. The summed E-state index contributed by atoms with van der Waals surface area (Å²) in [6, 6.07) is 5.63. The van der Waals surface area contributed by atoms with E-state index in [0.717, 1.165) is 38.0 Å². The van der Waals surface area contributed by atoms with Crippen molar-refractivity contribution in [2.45, 2.75) is 50.6 Å². The fourth-order valence-corrected chi connectivity index (χ4v) is 6.24. The average molecular weight is 564 g/mol. The van der Waals surface area contributed by atoms with Crippen LogP contribution >= 0.6 is 0 Å². The minimum Gasteiger partial charge on any atom is -0.491 e. The van der Waals surface area contributed by atoms with E-state index in [2.05, 4.69) is 27.5 Å². The Morgan fingerprint density at radius 3 is 2.67 bits per heavy atom. The number of anilines is 2. The van der Waals surface area contributed by atoms with E-state index in [0.29, 0.717) is 49.5 Å². The maximum atomic E-state index is 13.4. The van der Waals surface area contributed by atoms with Crippen molar-refractivity contribution in [1.29, 1.82) is 0 Å². The van der Waals surface area contributed by atoms with Gasteiger partial charge in [-0.2, -0.15) is 13.2 Å². The van der Waals surface area contributed by atoms with Crippen LogP contribution in [-0.2, 0) is 15.7 Å². The Balaban J connectivity index is 1.20. The van der Waals surface area contributed by atoms with Gasteiger partial charge in [0, 0.05) is 44.6 Å². The van der Waals surface area contributed by atoms with Crippen molar-refractivity contribution in [3.8, 4) is 5.75 Å². The van der Waals surface area contributed by atoms with Crippen molar-refractivity contribution in [3.63, 3.8) is 0 Å². The molecule has 3 aliphatic heterocycles. The molecule has 1 amide bonds. The molecule has 9 nitrogen and oxygen atoms in total. The second-order valence-corrected chi connectivity index (χ2v) is 10.8. The molecule has 1 aromatic heterocycles. The zero-order chi connectivity index (χ0) is 28.4. The van der Waals surface area contributed by atoms with Crippen LogP contribution in [0.5, 0.6) is 5.75 Å². The third kappa shape index (κ3) is 6.03. The lowest BCUT2D eigenvalue weighted by atomic mass is 9.80. The summed E-state index contributed by atoms with van der Waals surface area (Å²) in [4.78, 5) is 23.5. The van der Waals surface area contributed by atoms with Gasteiger partial charge in [0.05, 0.1) is 25.4 Å². The molecule has 5 atom stereocenters. The third-order valence-electron chi connectivity index (χ3n) is 8.56. The number of hydrogen-bond acceptors (Lipinski definition) is 8. The maximum absolute atomic E-state index is 13.4. The van der Waals surface area contributed by atoms with Gasteiger partial charge >= 0.3 is 6.18 Å². The Morgan fingerprint density at radius 1 is 1.20 bits per heavy atom. The summed E-state index contributed by atoms with van der Waals surface area (Å²) in [7, 11) is 3.13. The van der Waals surface area contributed by atoms with Gasteiger partial charge in [0.25, 0.3) is 5.91 Å². The minimum atomic E-state index is -4.48. The first-order valence-corrected chi connectivity index (χ1v) is 13.7. The van der Waals surface area contributed by atoms with E-state index in [1.54, 1.807) is 12.0 Å². The van der Waals surface area contributed by atoms with Crippen LogP contribution in [0, 0.1) is 17.8 Å². The lowest BCUT2D eigenvalue weighted by Gasteiger charge is -2.35. The van der Waals surface area contributed by atoms with E-state index in [1.165, 1.54) is 25.6 Å². The van der Waals surface area contributed by atoms with Crippen LogP contribution in [0.1, 0.15) is 42.2 Å². The highest BCUT2D eigenvalue weighted by Gasteiger charge is 2.49. The molecule has 3 unspecified atom stereocenters. The van der Waals surface area contributed by atoms with Crippen LogP contribution in [0.2, 0.25) is 0 Å². The number of carbonyl (C=O) groups is 1. The maximum Gasteiger partial charge on any atom is 0.416 e. The SMILES string of the molecule is COc1c(Nc2cccc(C(F)(F)F)c2)ncnc1C(=O)N1CCC(C2NC2[C@@H](C)C2CCOC[C@H]2OC)CC1. The Labute approximate surface area is 231 Å². The second kappa shape index (κ2) is 11.9. The molecule has 3 saturated heterocycles. The van der Waals surface area contributed by atoms with E-state index in [9.17, 15) is 18.0 Å². The number of halogens is 3. The molecule has 5 rings (SSSR count). The quantitative estimate of drug-likeness (QED) is 0.462. The van der Waals surface area contributed by atoms with Gasteiger partial charge in [-0.05, 0) is 55.2 Å². The number of aromatic nitrogens is 2. The summed E-state index contributed by atoms with van der Waals surface area (Å²) in [5.41, 5.74) is -0.548. The molecule has 4 heterocycles. The molecule has 218 valence electrons. The standard InChI is InChI=1S/C28H36F3N5O4/c1-16(20-9-12-40-14-21(20)38-2)22-23(35-22)17-7-10-36(11-8-17)27(37)24-25(39-3)26(33-15-32-24)34-19-6-4-5-18(13-19)28(29,30)31/h4-6,13,15-17,20-23,35H,7-12,14H2,1-3H3,(H,32,33,34)/t16-,20?,21+,22?,23?/m0/s1. The molecular weight excluding hydrogens is 527 g/mol.